The van der Waals surface area contributed by atoms with Gasteiger partial charge in [-0.1, -0.05) is 18.3 Å². The van der Waals surface area contributed by atoms with Crippen LogP contribution in [0, 0.1) is 0 Å². The highest BCUT2D eigenvalue weighted by molar-refractivity contribution is 7.80. The van der Waals surface area contributed by atoms with Gasteiger partial charge in [-0.2, -0.15) is 13.2 Å². The number of nitrogens with one attached hydrogen (secondary N) is 1. The highest BCUT2D eigenvalue weighted by Crippen LogP contribution is 2.29. The zero-order chi connectivity index (χ0) is 15.2. The standard InChI is InChI=1S/C13H15F3N2OS/c14-13(15,16)10-5-3-4-9(8-10)12(19)18-7-2-1-6-11(17)20/h3-5,8H,1-2,6-7H2,(H2,17,20)(H,18,19). The van der Waals surface area contributed by atoms with Crippen molar-refractivity contribution in [3.63, 3.8) is 0 Å². The summed E-state index contributed by atoms with van der Waals surface area (Å²) in [5, 5.41) is 2.56. The highest BCUT2D eigenvalue weighted by Gasteiger charge is 2.30. The molecule has 0 aromatic heterocycles. The molecule has 1 rings (SSSR count). The average molecular weight is 304 g/mol. The Balaban J connectivity index is 2.50. The lowest BCUT2D eigenvalue weighted by Crippen LogP contribution is -2.25. The van der Waals surface area contributed by atoms with Crippen LogP contribution >= 0.6 is 12.2 Å². The Bertz CT molecular complexity index is 489. The Morgan fingerprint density at radius 2 is 2.00 bits per heavy atom. The maximum atomic E-state index is 12.5. The van der Waals surface area contributed by atoms with Crippen LogP contribution in [-0.4, -0.2) is 17.4 Å². The van der Waals surface area contributed by atoms with Crippen molar-refractivity contribution in [1.29, 1.82) is 0 Å². The van der Waals surface area contributed by atoms with Gasteiger partial charge in [0.05, 0.1) is 10.6 Å². The number of carbonyl (C=O) groups excluding carboxylic acids is 1. The lowest BCUT2D eigenvalue weighted by atomic mass is 10.1. The first kappa shape index (κ1) is 16.4. The van der Waals surface area contributed by atoms with Gasteiger partial charge in [0.1, 0.15) is 0 Å². The molecule has 3 N–H and O–H groups in total. The molecule has 110 valence electrons. The molecular weight excluding hydrogens is 289 g/mol. The summed E-state index contributed by atoms with van der Waals surface area (Å²) in [6.45, 7) is 0.373. The van der Waals surface area contributed by atoms with E-state index in [-0.39, 0.29) is 5.56 Å². The minimum absolute atomic E-state index is 0.00540. The molecule has 0 aliphatic carbocycles. The van der Waals surface area contributed by atoms with E-state index in [9.17, 15) is 18.0 Å². The lowest BCUT2D eigenvalue weighted by Gasteiger charge is -2.09. The van der Waals surface area contributed by atoms with E-state index in [1.54, 1.807) is 0 Å². The van der Waals surface area contributed by atoms with Gasteiger partial charge in [0.25, 0.3) is 5.91 Å². The minimum atomic E-state index is -4.45. The van der Waals surface area contributed by atoms with Gasteiger partial charge in [-0.25, -0.2) is 0 Å². The van der Waals surface area contributed by atoms with Crippen molar-refractivity contribution in [2.75, 3.05) is 6.54 Å². The Kier molecular flexibility index (Phi) is 5.94. The first-order chi connectivity index (χ1) is 9.30. The van der Waals surface area contributed by atoms with Crippen molar-refractivity contribution in [2.24, 2.45) is 5.73 Å². The Labute approximate surface area is 120 Å². The molecule has 0 fully saturated rings. The molecule has 0 saturated carbocycles. The second kappa shape index (κ2) is 7.23. The fourth-order valence-corrected chi connectivity index (χ4v) is 1.71. The van der Waals surface area contributed by atoms with E-state index < -0.39 is 17.6 Å². The number of benzene rings is 1. The maximum absolute atomic E-state index is 12.5. The fraction of sp³-hybridized carbons (Fsp3) is 0.385. The Morgan fingerprint density at radius 1 is 1.30 bits per heavy atom. The summed E-state index contributed by atoms with van der Waals surface area (Å²) in [6.07, 6.45) is -2.46. The van der Waals surface area contributed by atoms with Gasteiger partial charge in [-0.15, -0.1) is 0 Å². The minimum Gasteiger partial charge on any atom is -0.393 e. The fourth-order valence-electron chi connectivity index (χ4n) is 1.56. The molecule has 1 amide bonds. The Hall–Kier alpha value is -1.63. The van der Waals surface area contributed by atoms with Crippen molar-refractivity contribution < 1.29 is 18.0 Å². The molecule has 7 heteroatoms. The summed E-state index contributed by atoms with van der Waals surface area (Å²) >= 11 is 4.71. The van der Waals surface area contributed by atoms with Crippen LogP contribution in [0.2, 0.25) is 0 Å². The van der Waals surface area contributed by atoms with Crippen molar-refractivity contribution in [2.45, 2.75) is 25.4 Å². The van der Waals surface area contributed by atoms with Gasteiger partial charge in [0.2, 0.25) is 0 Å². The SMILES string of the molecule is NC(=S)CCCCNC(=O)c1cccc(C(F)(F)F)c1. The summed E-state index contributed by atoms with van der Waals surface area (Å²) in [4.78, 5) is 12.1. The number of carbonyl (C=O) groups is 1. The number of unbranched alkanes of at least 4 members (excludes halogenated alkanes) is 1. The average Bonchev–Trinajstić information content (AvgIpc) is 2.37. The van der Waals surface area contributed by atoms with Gasteiger partial charge in [0.15, 0.2) is 0 Å². The molecule has 1 aromatic carbocycles. The van der Waals surface area contributed by atoms with E-state index in [1.165, 1.54) is 12.1 Å². The molecule has 0 aliphatic rings. The predicted octanol–water partition coefficient (Wildman–Crippen LogP) is 2.89. The molecule has 0 heterocycles. The van der Waals surface area contributed by atoms with Crippen LogP contribution in [0.4, 0.5) is 13.2 Å². The van der Waals surface area contributed by atoms with Gasteiger partial charge >= 0.3 is 6.18 Å². The number of thiocarbonyl (C=S) groups is 1. The molecule has 1 aromatic rings. The van der Waals surface area contributed by atoms with E-state index in [2.05, 4.69) is 5.32 Å². The quantitative estimate of drug-likeness (QED) is 0.627. The van der Waals surface area contributed by atoms with Crippen molar-refractivity contribution in [1.82, 2.24) is 5.32 Å². The topological polar surface area (TPSA) is 55.1 Å². The van der Waals surface area contributed by atoms with Crippen LogP contribution in [-0.2, 0) is 6.18 Å². The van der Waals surface area contributed by atoms with Gasteiger partial charge in [0, 0.05) is 12.1 Å². The molecule has 3 nitrogen and oxygen atoms in total. The van der Waals surface area contributed by atoms with Crippen molar-refractivity contribution in [3.05, 3.63) is 35.4 Å². The number of nitrogens with two attached hydrogens (primary N) is 1. The van der Waals surface area contributed by atoms with Crippen molar-refractivity contribution in [3.8, 4) is 0 Å². The smallest absolute Gasteiger partial charge is 0.393 e. The second-order valence-electron chi connectivity index (χ2n) is 4.26. The summed E-state index contributed by atoms with van der Waals surface area (Å²) in [5.74, 6) is -0.522. The lowest BCUT2D eigenvalue weighted by molar-refractivity contribution is -0.137. The number of amides is 1. The maximum Gasteiger partial charge on any atom is 0.416 e. The number of rotatable bonds is 6. The van der Waals surface area contributed by atoms with E-state index in [0.717, 1.165) is 18.6 Å². The number of halogens is 3. The third-order valence-electron chi connectivity index (χ3n) is 2.59. The molecule has 0 bridgehead atoms. The molecule has 0 radical (unpaired) electrons. The van der Waals surface area contributed by atoms with Crippen LogP contribution in [0.1, 0.15) is 35.2 Å². The number of alkyl halides is 3. The first-order valence-electron chi connectivity index (χ1n) is 6.04. The molecule has 0 spiro atoms. The molecular formula is C13H15F3N2OS. The Morgan fingerprint density at radius 3 is 2.60 bits per heavy atom. The van der Waals surface area contributed by atoms with E-state index in [0.29, 0.717) is 24.4 Å². The molecule has 0 saturated heterocycles. The van der Waals surface area contributed by atoms with E-state index in [4.69, 9.17) is 18.0 Å². The van der Waals surface area contributed by atoms with Crippen LogP contribution < -0.4 is 11.1 Å². The van der Waals surface area contributed by atoms with E-state index >= 15 is 0 Å². The van der Waals surface area contributed by atoms with Crippen LogP contribution in [0.5, 0.6) is 0 Å². The molecule has 20 heavy (non-hydrogen) atoms. The van der Waals surface area contributed by atoms with Crippen molar-refractivity contribution >= 4 is 23.1 Å². The van der Waals surface area contributed by atoms with E-state index in [1.807, 2.05) is 0 Å². The molecule has 0 unspecified atom stereocenters. The monoisotopic (exact) mass is 304 g/mol. The normalized spacial score (nSPS) is 11.2. The number of hydrogen-bond acceptors (Lipinski definition) is 2. The molecule has 0 aliphatic heterocycles. The zero-order valence-electron chi connectivity index (χ0n) is 10.7. The summed E-state index contributed by atoms with van der Waals surface area (Å²) in [6, 6.07) is 4.33. The predicted molar refractivity (Wildman–Crippen MR) is 74.4 cm³/mol. The molecule has 0 atom stereocenters. The van der Waals surface area contributed by atoms with Gasteiger partial charge in [-0.05, 0) is 37.5 Å². The van der Waals surface area contributed by atoms with Gasteiger partial charge < -0.3 is 11.1 Å². The summed E-state index contributed by atoms with van der Waals surface area (Å²) in [5.41, 5.74) is 4.48. The third-order valence-corrected chi connectivity index (χ3v) is 2.79. The first-order valence-corrected chi connectivity index (χ1v) is 6.45. The van der Waals surface area contributed by atoms with Crippen LogP contribution in [0.3, 0.4) is 0 Å². The van der Waals surface area contributed by atoms with Crippen LogP contribution in [0.15, 0.2) is 24.3 Å². The second-order valence-corrected chi connectivity index (χ2v) is 4.78. The van der Waals surface area contributed by atoms with Gasteiger partial charge in [-0.3, -0.25) is 4.79 Å². The number of hydrogen-bond donors (Lipinski definition) is 2. The largest absolute Gasteiger partial charge is 0.416 e. The summed E-state index contributed by atoms with van der Waals surface area (Å²) < 4.78 is 37.5. The zero-order valence-corrected chi connectivity index (χ0v) is 11.5. The summed E-state index contributed by atoms with van der Waals surface area (Å²) in [7, 11) is 0. The van der Waals surface area contributed by atoms with Crippen LogP contribution in [0.25, 0.3) is 0 Å². The third kappa shape index (κ3) is 5.56. The highest BCUT2D eigenvalue weighted by atomic mass is 32.1.